The van der Waals surface area contributed by atoms with Gasteiger partial charge in [-0.2, -0.15) is 0 Å². The molecule has 5 nitrogen and oxygen atoms in total. The summed E-state index contributed by atoms with van der Waals surface area (Å²) >= 11 is 0. The van der Waals surface area contributed by atoms with E-state index < -0.39 is 0 Å². The first-order valence-electron chi connectivity index (χ1n) is 15.6. The molecule has 0 aliphatic rings. The van der Waals surface area contributed by atoms with Gasteiger partial charge in [-0.15, -0.1) is 0 Å². The molecule has 0 saturated carbocycles. The lowest BCUT2D eigenvalue weighted by Gasteiger charge is -2.13. The highest BCUT2D eigenvalue weighted by Crippen LogP contribution is 2.39. The lowest BCUT2D eigenvalue weighted by Crippen LogP contribution is -2.01. The molecule has 47 heavy (non-hydrogen) atoms. The summed E-state index contributed by atoms with van der Waals surface area (Å²) in [6.45, 7) is 0. The molecule has 3 heterocycles. The largest absolute Gasteiger partial charge is 0.454 e. The number of benzene rings is 7. The predicted octanol–water partition coefficient (Wildman–Crippen LogP) is 10.8. The summed E-state index contributed by atoms with van der Waals surface area (Å²) in [4.78, 5) is 19.8. The number of furan rings is 1. The van der Waals surface area contributed by atoms with Crippen molar-refractivity contribution in [3.05, 3.63) is 146 Å². The van der Waals surface area contributed by atoms with Gasteiger partial charge in [0.1, 0.15) is 5.58 Å². The first-order chi connectivity index (χ1) is 23.3. The average molecular weight is 601 g/mol. The molecule has 0 N–H and O–H groups in total. The molecular formula is C42H24N4O. The highest BCUT2D eigenvalue weighted by Gasteiger charge is 2.19. The molecule has 10 aromatic rings. The van der Waals surface area contributed by atoms with Crippen molar-refractivity contribution in [1.29, 1.82) is 0 Å². The van der Waals surface area contributed by atoms with Gasteiger partial charge in [0, 0.05) is 33.7 Å². The Hall–Kier alpha value is -6.46. The molecule has 5 heteroatoms. The Kier molecular flexibility index (Phi) is 5.51. The van der Waals surface area contributed by atoms with Crippen LogP contribution in [0.3, 0.4) is 0 Å². The van der Waals surface area contributed by atoms with Crippen LogP contribution in [0.4, 0.5) is 0 Å². The van der Waals surface area contributed by atoms with Crippen molar-refractivity contribution in [2.75, 3.05) is 0 Å². The van der Waals surface area contributed by atoms with Gasteiger partial charge in [-0.3, -0.25) is 4.98 Å². The second-order valence-electron chi connectivity index (χ2n) is 11.9. The molecule has 0 atom stereocenters. The number of rotatable bonds is 3. The van der Waals surface area contributed by atoms with E-state index >= 15 is 0 Å². The van der Waals surface area contributed by atoms with Gasteiger partial charge in [0.05, 0.1) is 6.20 Å². The maximum atomic E-state index is 6.19. The molecule has 3 aromatic heterocycles. The summed E-state index contributed by atoms with van der Waals surface area (Å²) in [5.41, 5.74) is 4.27. The molecule has 0 aliphatic carbocycles. The van der Waals surface area contributed by atoms with Gasteiger partial charge in [-0.25, -0.2) is 15.0 Å². The molecular weight excluding hydrogens is 576 g/mol. The Bertz CT molecular complexity index is 2870. The molecule has 0 amide bonds. The second-order valence-corrected chi connectivity index (χ2v) is 11.9. The number of pyridine rings is 1. The van der Waals surface area contributed by atoms with Gasteiger partial charge >= 0.3 is 0 Å². The monoisotopic (exact) mass is 600 g/mol. The Labute approximate surface area is 268 Å². The maximum absolute atomic E-state index is 6.19. The summed E-state index contributed by atoms with van der Waals surface area (Å²) in [6, 6.07) is 46.5. The van der Waals surface area contributed by atoms with Gasteiger partial charge in [0.25, 0.3) is 0 Å². The molecule has 10 rings (SSSR count). The minimum atomic E-state index is 0.590. The smallest absolute Gasteiger partial charge is 0.164 e. The second kappa shape index (κ2) is 10.0. The van der Waals surface area contributed by atoms with Crippen LogP contribution in [0.25, 0.3) is 99.2 Å². The van der Waals surface area contributed by atoms with Gasteiger partial charge < -0.3 is 4.42 Å². The topological polar surface area (TPSA) is 64.7 Å². The van der Waals surface area contributed by atoms with E-state index in [2.05, 4.69) is 120 Å². The molecule has 0 unspecified atom stereocenters. The highest BCUT2D eigenvalue weighted by atomic mass is 16.3. The number of fused-ring (bicyclic) bond motifs is 9. The number of hydrogen-bond acceptors (Lipinski definition) is 5. The van der Waals surface area contributed by atoms with Crippen molar-refractivity contribution in [1.82, 2.24) is 19.9 Å². The molecule has 0 saturated heterocycles. The zero-order valence-electron chi connectivity index (χ0n) is 25.1. The quantitative estimate of drug-likeness (QED) is 0.189. The predicted molar refractivity (Wildman–Crippen MR) is 191 cm³/mol. The van der Waals surface area contributed by atoms with E-state index in [0.717, 1.165) is 54.8 Å². The van der Waals surface area contributed by atoms with Crippen molar-refractivity contribution in [2.24, 2.45) is 0 Å². The summed E-state index contributed by atoms with van der Waals surface area (Å²) in [5, 5.41) is 11.4. The van der Waals surface area contributed by atoms with Crippen molar-refractivity contribution in [3.63, 3.8) is 0 Å². The zero-order valence-corrected chi connectivity index (χ0v) is 25.1. The van der Waals surface area contributed by atoms with Gasteiger partial charge in [-0.05, 0) is 61.3 Å². The van der Waals surface area contributed by atoms with E-state index in [4.69, 9.17) is 19.4 Å². The summed E-state index contributed by atoms with van der Waals surface area (Å²) in [6.07, 6.45) is 3.54. The van der Waals surface area contributed by atoms with Crippen LogP contribution >= 0.6 is 0 Å². The molecule has 0 aliphatic heterocycles. The summed E-state index contributed by atoms with van der Waals surface area (Å²) < 4.78 is 6.19. The summed E-state index contributed by atoms with van der Waals surface area (Å²) in [5.74, 6) is 1.83. The van der Waals surface area contributed by atoms with Crippen LogP contribution in [0.1, 0.15) is 0 Å². The fourth-order valence-electron chi connectivity index (χ4n) is 6.99. The lowest BCUT2D eigenvalue weighted by atomic mass is 9.95. The van der Waals surface area contributed by atoms with Crippen molar-refractivity contribution in [3.8, 4) is 34.2 Å². The first kappa shape index (κ1) is 25.8. The van der Waals surface area contributed by atoms with Crippen LogP contribution in [0.15, 0.2) is 150 Å². The molecule has 0 fully saturated rings. The summed E-state index contributed by atoms with van der Waals surface area (Å²) in [7, 11) is 0. The third kappa shape index (κ3) is 4.03. The van der Waals surface area contributed by atoms with Crippen LogP contribution < -0.4 is 0 Å². The molecule has 7 aromatic carbocycles. The standard InChI is InChI=1S/C42H24N4O/c1-2-9-27-23-28(16-15-25(27)7-1)40-44-41(46-42(45-40)36-13-6-14-37-39(36)35-21-22-43-24-38(35)47-37)34-12-5-11-30-32-18-17-26-8-3-4-10-29(26)31(32)19-20-33(30)34/h1-24H. The first-order valence-corrected chi connectivity index (χ1v) is 15.6. The molecule has 218 valence electrons. The van der Waals surface area contributed by atoms with E-state index in [9.17, 15) is 0 Å². The van der Waals surface area contributed by atoms with E-state index in [0.29, 0.717) is 17.5 Å². The highest BCUT2D eigenvalue weighted by molar-refractivity contribution is 6.19. The maximum Gasteiger partial charge on any atom is 0.164 e. The van der Waals surface area contributed by atoms with Crippen LogP contribution in [0, 0.1) is 0 Å². The Morgan fingerprint density at radius 2 is 1.06 bits per heavy atom. The SMILES string of the molecule is c1ccc2cc(-c3nc(-c4cccc5c4ccc4c6ccccc6ccc54)nc(-c4cccc5oc6cnccc6c45)n3)ccc2c1. The third-order valence-electron chi connectivity index (χ3n) is 9.21. The Balaban J connectivity index is 1.26. The minimum absolute atomic E-state index is 0.590. The number of hydrogen-bond donors (Lipinski definition) is 0. The molecule has 0 radical (unpaired) electrons. The average Bonchev–Trinajstić information content (AvgIpc) is 3.53. The van der Waals surface area contributed by atoms with Crippen molar-refractivity contribution in [2.45, 2.75) is 0 Å². The minimum Gasteiger partial charge on any atom is -0.454 e. The fraction of sp³-hybridized carbons (Fsp3) is 0. The van der Waals surface area contributed by atoms with E-state index in [-0.39, 0.29) is 0 Å². The Morgan fingerprint density at radius 3 is 2.00 bits per heavy atom. The van der Waals surface area contributed by atoms with Crippen molar-refractivity contribution < 1.29 is 4.42 Å². The molecule has 0 bridgehead atoms. The van der Waals surface area contributed by atoms with Crippen LogP contribution in [0.5, 0.6) is 0 Å². The Morgan fingerprint density at radius 1 is 0.404 bits per heavy atom. The lowest BCUT2D eigenvalue weighted by molar-refractivity contribution is 0.667. The van der Waals surface area contributed by atoms with Crippen LogP contribution in [0.2, 0.25) is 0 Å². The van der Waals surface area contributed by atoms with Gasteiger partial charge in [0.2, 0.25) is 0 Å². The van der Waals surface area contributed by atoms with E-state index in [1.54, 1.807) is 12.4 Å². The third-order valence-corrected chi connectivity index (χ3v) is 9.21. The van der Waals surface area contributed by atoms with E-state index in [1.165, 1.54) is 26.9 Å². The van der Waals surface area contributed by atoms with E-state index in [1.807, 2.05) is 18.2 Å². The van der Waals surface area contributed by atoms with Crippen LogP contribution in [-0.4, -0.2) is 19.9 Å². The van der Waals surface area contributed by atoms with Crippen molar-refractivity contribution >= 4 is 65.0 Å². The number of aromatic nitrogens is 4. The number of nitrogens with zero attached hydrogens (tertiary/aromatic N) is 4. The molecule has 0 spiro atoms. The van der Waals surface area contributed by atoms with Gasteiger partial charge in [-0.1, -0.05) is 115 Å². The zero-order chi connectivity index (χ0) is 30.9. The normalized spacial score (nSPS) is 11.8. The fourth-order valence-corrected chi connectivity index (χ4v) is 6.99. The van der Waals surface area contributed by atoms with Gasteiger partial charge in [0.15, 0.2) is 23.1 Å². The van der Waals surface area contributed by atoms with Crippen LogP contribution in [-0.2, 0) is 0 Å².